The van der Waals surface area contributed by atoms with Crippen molar-refractivity contribution in [1.82, 2.24) is 14.8 Å². The number of hydrogen-bond donors (Lipinski definition) is 1. The van der Waals surface area contributed by atoms with Crippen LogP contribution in [0.25, 0.3) is 0 Å². The van der Waals surface area contributed by atoms with E-state index < -0.39 is 12.0 Å². The molecule has 2 aromatic rings. The fraction of sp³-hybridized carbons (Fsp3) is 0.421. The lowest BCUT2D eigenvalue weighted by Gasteiger charge is -2.40. The highest BCUT2D eigenvalue weighted by molar-refractivity contribution is 5.94. The van der Waals surface area contributed by atoms with Gasteiger partial charge in [-0.3, -0.25) is 14.7 Å². The number of aliphatic carboxylic acids is 1. The van der Waals surface area contributed by atoms with Gasteiger partial charge in [-0.15, -0.1) is 0 Å². The summed E-state index contributed by atoms with van der Waals surface area (Å²) in [6.07, 6.45) is 4.64. The van der Waals surface area contributed by atoms with Gasteiger partial charge < -0.3 is 14.4 Å². The summed E-state index contributed by atoms with van der Waals surface area (Å²) in [7, 11) is 1.98. The maximum absolute atomic E-state index is 12.6. The number of carbonyl (C=O) groups is 2. The molecule has 2 aromatic heterocycles. The molecule has 3 heterocycles. The Balaban J connectivity index is 1.69. The minimum Gasteiger partial charge on any atom is -0.480 e. The number of piperidine rings is 1. The smallest absolute Gasteiger partial charge is 0.326 e. The van der Waals surface area contributed by atoms with Crippen LogP contribution in [0.15, 0.2) is 41.1 Å². The number of carbonyl (C=O) groups excluding carboxylic acids is 1. The fourth-order valence-corrected chi connectivity index (χ4v) is 3.42. The molecule has 26 heavy (non-hydrogen) atoms. The Morgan fingerprint density at radius 3 is 2.81 bits per heavy atom. The van der Waals surface area contributed by atoms with Crippen LogP contribution in [0.5, 0.6) is 0 Å². The highest BCUT2D eigenvalue weighted by Gasteiger charge is 2.38. The van der Waals surface area contributed by atoms with Crippen LogP contribution in [0.2, 0.25) is 0 Å². The monoisotopic (exact) mass is 357 g/mol. The van der Waals surface area contributed by atoms with Crippen molar-refractivity contribution in [2.45, 2.75) is 38.4 Å². The van der Waals surface area contributed by atoms with Crippen molar-refractivity contribution in [2.75, 3.05) is 13.6 Å². The van der Waals surface area contributed by atoms with E-state index in [1.54, 1.807) is 25.3 Å². The number of likely N-dealkylation sites (tertiary alicyclic amines) is 1. The molecule has 7 nitrogen and oxygen atoms in total. The van der Waals surface area contributed by atoms with Crippen molar-refractivity contribution < 1.29 is 19.1 Å². The minimum absolute atomic E-state index is 0.0821. The molecule has 1 aliphatic rings. The summed E-state index contributed by atoms with van der Waals surface area (Å²) in [6, 6.07) is 6.40. The fourth-order valence-electron chi connectivity index (χ4n) is 3.42. The van der Waals surface area contributed by atoms with Crippen LogP contribution in [0.3, 0.4) is 0 Å². The third-order valence-corrected chi connectivity index (χ3v) is 4.85. The van der Waals surface area contributed by atoms with Crippen LogP contribution < -0.4 is 0 Å². The number of furan rings is 1. The molecule has 1 aliphatic heterocycles. The Morgan fingerprint density at radius 2 is 2.19 bits per heavy atom. The zero-order valence-electron chi connectivity index (χ0n) is 15.0. The van der Waals surface area contributed by atoms with Gasteiger partial charge in [-0.05, 0) is 50.6 Å². The lowest BCUT2D eigenvalue weighted by Crippen LogP contribution is -2.54. The Kier molecular flexibility index (Phi) is 5.37. The van der Waals surface area contributed by atoms with E-state index in [1.165, 1.54) is 4.90 Å². The number of pyridine rings is 1. The zero-order chi connectivity index (χ0) is 18.7. The molecule has 7 heteroatoms. The first-order chi connectivity index (χ1) is 12.5. The molecule has 0 radical (unpaired) electrons. The molecule has 0 unspecified atom stereocenters. The first-order valence-corrected chi connectivity index (χ1v) is 8.65. The molecule has 2 atom stereocenters. The first kappa shape index (κ1) is 18.1. The molecule has 0 spiro atoms. The van der Waals surface area contributed by atoms with E-state index in [0.717, 1.165) is 5.56 Å². The van der Waals surface area contributed by atoms with E-state index >= 15 is 0 Å². The summed E-state index contributed by atoms with van der Waals surface area (Å²) in [5.41, 5.74) is 1.08. The SMILES string of the molecule is Cc1ccc(C(=O)N2CC[C@@H](N(C)Cc3cccnc3)C[C@@H]2C(=O)O)o1. The van der Waals surface area contributed by atoms with Crippen molar-refractivity contribution in [3.8, 4) is 0 Å². The molecule has 0 aliphatic carbocycles. The second-order valence-corrected chi connectivity index (χ2v) is 6.72. The molecule has 1 fully saturated rings. The van der Waals surface area contributed by atoms with E-state index in [9.17, 15) is 14.7 Å². The van der Waals surface area contributed by atoms with E-state index in [0.29, 0.717) is 31.7 Å². The van der Waals surface area contributed by atoms with E-state index in [1.807, 2.05) is 25.4 Å². The van der Waals surface area contributed by atoms with Gasteiger partial charge in [0.15, 0.2) is 5.76 Å². The van der Waals surface area contributed by atoms with Crippen molar-refractivity contribution >= 4 is 11.9 Å². The highest BCUT2D eigenvalue weighted by Crippen LogP contribution is 2.25. The van der Waals surface area contributed by atoms with Gasteiger partial charge in [0.05, 0.1) is 0 Å². The lowest BCUT2D eigenvalue weighted by molar-refractivity contribution is -0.144. The molecule has 0 aromatic carbocycles. The molecule has 1 amide bonds. The first-order valence-electron chi connectivity index (χ1n) is 8.65. The highest BCUT2D eigenvalue weighted by atomic mass is 16.4. The summed E-state index contributed by atoms with van der Waals surface area (Å²) in [5, 5.41) is 9.65. The maximum Gasteiger partial charge on any atom is 0.326 e. The van der Waals surface area contributed by atoms with Gasteiger partial charge in [0.25, 0.3) is 5.91 Å². The second-order valence-electron chi connectivity index (χ2n) is 6.72. The van der Waals surface area contributed by atoms with Gasteiger partial charge in [-0.25, -0.2) is 4.79 Å². The minimum atomic E-state index is -0.985. The average molecular weight is 357 g/mol. The van der Waals surface area contributed by atoms with Crippen LogP contribution in [-0.2, 0) is 11.3 Å². The van der Waals surface area contributed by atoms with Gasteiger partial charge in [0.2, 0.25) is 0 Å². The van der Waals surface area contributed by atoms with Gasteiger partial charge >= 0.3 is 5.97 Å². The molecule has 1 saturated heterocycles. The van der Waals surface area contributed by atoms with Crippen LogP contribution >= 0.6 is 0 Å². The molecule has 0 bridgehead atoms. The molecule has 138 valence electrons. The predicted molar refractivity (Wildman–Crippen MR) is 94.6 cm³/mol. The summed E-state index contributed by atoms with van der Waals surface area (Å²) >= 11 is 0. The summed E-state index contributed by atoms with van der Waals surface area (Å²) < 4.78 is 5.38. The largest absolute Gasteiger partial charge is 0.480 e. The Hall–Kier alpha value is -2.67. The van der Waals surface area contributed by atoms with Crippen molar-refractivity contribution in [1.29, 1.82) is 0 Å². The number of rotatable bonds is 5. The van der Waals surface area contributed by atoms with Crippen molar-refractivity contribution in [3.63, 3.8) is 0 Å². The van der Waals surface area contributed by atoms with Gasteiger partial charge in [-0.1, -0.05) is 6.07 Å². The number of aryl methyl sites for hydroxylation is 1. The summed E-state index contributed by atoms with van der Waals surface area (Å²) in [4.78, 5) is 32.1. The molecule has 3 rings (SSSR count). The van der Waals surface area contributed by atoms with Crippen molar-refractivity contribution in [3.05, 3.63) is 53.7 Å². The van der Waals surface area contributed by atoms with Gasteiger partial charge in [0.1, 0.15) is 11.8 Å². The standard InChI is InChI=1S/C19H23N3O4/c1-13-5-6-17(26-13)18(23)22-9-7-15(10-16(22)19(24)25)21(2)12-14-4-3-8-20-11-14/h3-6,8,11,15-16H,7,9-10,12H2,1-2H3,(H,24,25)/t15-,16-/m1/s1. The second kappa shape index (κ2) is 7.70. The van der Waals surface area contributed by atoms with Crippen LogP contribution in [0, 0.1) is 6.92 Å². The molecule has 0 saturated carbocycles. The Bertz CT molecular complexity index is 774. The Labute approximate surface area is 152 Å². The average Bonchev–Trinajstić information content (AvgIpc) is 3.07. The number of carboxylic acids is 1. The topological polar surface area (TPSA) is 86.9 Å². The quantitative estimate of drug-likeness (QED) is 0.882. The van der Waals surface area contributed by atoms with E-state index in [4.69, 9.17) is 4.42 Å². The van der Waals surface area contributed by atoms with Crippen LogP contribution in [0.4, 0.5) is 0 Å². The third kappa shape index (κ3) is 3.94. The number of nitrogens with zero attached hydrogens (tertiary/aromatic N) is 3. The molecule has 1 N–H and O–H groups in total. The molecular weight excluding hydrogens is 334 g/mol. The van der Waals surface area contributed by atoms with Gasteiger partial charge in [-0.2, -0.15) is 0 Å². The summed E-state index contributed by atoms with van der Waals surface area (Å²) in [5.74, 6) is -0.526. The van der Waals surface area contributed by atoms with E-state index in [2.05, 4.69) is 9.88 Å². The zero-order valence-corrected chi connectivity index (χ0v) is 15.0. The lowest BCUT2D eigenvalue weighted by atomic mass is 9.95. The normalized spacial score (nSPS) is 20.3. The summed E-state index contributed by atoms with van der Waals surface area (Å²) in [6.45, 7) is 2.83. The Morgan fingerprint density at radius 1 is 1.38 bits per heavy atom. The van der Waals surface area contributed by atoms with Gasteiger partial charge in [0, 0.05) is 31.5 Å². The molecular formula is C19H23N3O4. The number of aromatic nitrogens is 1. The van der Waals surface area contributed by atoms with E-state index in [-0.39, 0.29) is 17.7 Å². The number of amides is 1. The number of hydrogen-bond acceptors (Lipinski definition) is 5. The van der Waals surface area contributed by atoms with Crippen LogP contribution in [-0.4, -0.2) is 57.4 Å². The van der Waals surface area contributed by atoms with Crippen molar-refractivity contribution in [2.24, 2.45) is 0 Å². The van der Waals surface area contributed by atoms with Crippen LogP contribution in [0.1, 0.15) is 34.7 Å². The maximum atomic E-state index is 12.6. The number of carboxylic acid groups (broad SMARTS) is 1. The predicted octanol–water partition coefficient (Wildman–Crippen LogP) is 2.17. The third-order valence-electron chi connectivity index (χ3n) is 4.85.